The molecule has 26 heavy (non-hydrogen) atoms. The van der Waals surface area contributed by atoms with E-state index >= 15 is 0 Å². The molecule has 1 saturated heterocycles. The van der Waals surface area contributed by atoms with Crippen LogP contribution in [0.5, 0.6) is 11.5 Å². The fraction of sp³-hybridized carbons (Fsp3) is 0.500. The highest BCUT2D eigenvalue weighted by molar-refractivity contribution is 6.01. The molecule has 0 spiro atoms. The van der Waals surface area contributed by atoms with Crippen molar-refractivity contribution in [1.29, 1.82) is 0 Å². The Labute approximate surface area is 152 Å². The number of rotatable bonds is 7. The summed E-state index contributed by atoms with van der Waals surface area (Å²) in [6, 6.07) is 4.08. The largest absolute Gasteiger partial charge is 0.497 e. The number of aliphatic carboxylic acids is 1. The number of hydrogen-bond acceptors (Lipinski definition) is 5. The summed E-state index contributed by atoms with van der Waals surface area (Å²) in [5.74, 6) is -1.57. The monoisotopic (exact) mass is 364 g/mol. The summed E-state index contributed by atoms with van der Waals surface area (Å²) < 4.78 is 10.5. The van der Waals surface area contributed by atoms with Crippen molar-refractivity contribution in [3.8, 4) is 11.5 Å². The molecule has 0 radical (unpaired) electrons. The first-order chi connectivity index (χ1) is 12.3. The molecule has 8 nitrogen and oxygen atoms in total. The number of anilines is 1. The molecular formula is C18H24N2O6. The minimum Gasteiger partial charge on any atom is -0.497 e. The van der Waals surface area contributed by atoms with E-state index in [1.54, 1.807) is 32.0 Å². The van der Waals surface area contributed by atoms with E-state index in [1.807, 2.05) is 0 Å². The predicted octanol–water partition coefficient (Wildman–Crippen LogP) is 1.28. The van der Waals surface area contributed by atoms with Crippen LogP contribution >= 0.6 is 0 Å². The third-order valence-corrected chi connectivity index (χ3v) is 4.40. The maximum atomic E-state index is 12.4. The van der Waals surface area contributed by atoms with Gasteiger partial charge in [0.2, 0.25) is 11.8 Å². The molecule has 2 N–H and O–H groups in total. The van der Waals surface area contributed by atoms with Crippen LogP contribution in [-0.2, 0) is 14.4 Å². The number of nitrogens with zero attached hydrogens (tertiary/aromatic N) is 1. The van der Waals surface area contributed by atoms with Gasteiger partial charge in [-0.3, -0.25) is 9.59 Å². The number of nitrogens with one attached hydrogen (secondary N) is 1. The van der Waals surface area contributed by atoms with Gasteiger partial charge in [-0.15, -0.1) is 0 Å². The van der Waals surface area contributed by atoms with E-state index in [9.17, 15) is 19.5 Å². The van der Waals surface area contributed by atoms with E-state index in [4.69, 9.17) is 9.47 Å². The Kier molecular flexibility index (Phi) is 6.07. The molecule has 0 aromatic heterocycles. The van der Waals surface area contributed by atoms with E-state index in [1.165, 1.54) is 19.1 Å². The SMILES string of the molecule is COc1ccc(N2CC(C(=O)N[C@H](C(=O)O)C(C)C)CC2=O)c(OC)c1. The number of benzene rings is 1. The number of methoxy groups -OCH3 is 2. The van der Waals surface area contributed by atoms with Crippen LogP contribution in [0, 0.1) is 11.8 Å². The fourth-order valence-electron chi connectivity index (χ4n) is 2.91. The summed E-state index contributed by atoms with van der Waals surface area (Å²) in [5.41, 5.74) is 0.548. The van der Waals surface area contributed by atoms with Crippen molar-refractivity contribution in [3.63, 3.8) is 0 Å². The summed E-state index contributed by atoms with van der Waals surface area (Å²) in [6.45, 7) is 3.60. The van der Waals surface area contributed by atoms with Gasteiger partial charge in [-0.1, -0.05) is 13.8 Å². The van der Waals surface area contributed by atoms with Crippen LogP contribution in [0.25, 0.3) is 0 Å². The molecular weight excluding hydrogens is 340 g/mol. The summed E-state index contributed by atoms with van der Waals surface area (Å²) in [4.78, 5) is 37.6. The fourth-order valence-corrected chi connectivity index (χ4v) is 2.91. The lowest BCUT2D eigenvalue weighted by Crippen LogP contribution is -2.47. The molecule has 8 heteroatoms. The van der Waals surface area contributed by atoms with E-state index in [0.29, 0.717) is 17.2 Å². The van der Waals surface area contributed by atoms with Crippen molar-refractivity contribution < 1.29 is 29.0 Å². The van der Waals surface area contributed by atoms with E-state index in [-0.39, 0.29) is 24.8 Å². The van der Waals surface area contributed by atoms with Gasteiger partial charge in [0.05, 0.1) is 25.8 Å². The van der Waals surface area contributed by atoms with Gasteiger partial charge in [-0.2, -0.15) is 0 Å². The average molecular weight is 364 g/mol. The highest BCUT2D eigenvalue weighted by Crippen LogP contribution is 2.35. The van der Waals surface area contributed by atoms with E-state index in [0.717, 1.165) is 0 Å². The highest BCUT2D eigenvalue weighted by atomic mass is 16.5. The number of carboxylic acids is 1. The first-order valence-corrected chi connectivity index (χ1v) is 8.34. The van der Waals surface area contributed by atoms with E-state index in [2.05, 4.69) is 5.32 Å². The lowest BCUT2D eigenvalue weighted by molar-refractivity contribution is -0.143. The zero-order valence-corrected chi connectivity index (χ0v) is 15.3. The van der Waals surface area contributed by atoms with Crippen LogP contribution in [0.4, 0.5) is 5.69 Å². The maximum absolute atomic E-state index is 12.4. The maximum Gasteiger partial charge on any atom is 0.326 e. The topological polar surface area (TPSA) is 105 Å². The van der Waals surface area contributed by atoms with Crippen LogP contribution in [0.3, 0.4) is 0 Å². The molecule has 2 amide bonds. The Hall–Kier alpha value is -2.77. The summed E-state index contributed by atoms with van der Waals surface area (Å²) >= 11 is 0. The lowest BCUT2D eigenvalue weighted by Gasteiger charge is -2.21. The van der Waals surface area contributed by atoms with Crippen LogP contribution in [-0.4, -0.2) is 49.7 Å². The number of carbonyl (C=O) groups excluding carboxylic acids is 2. The van der Waals surface area contributed by atoms with Crippen molar-refractivity contribution in [1.82, 2.24) is 5.32 Å². The smallest absolute Gasteiger partial charge is 0.326 e. The number of carbonyl (C=O) groups is 3. The van der Waals surface area contributed by atoms with Crippen LogP contribution < -0.4 is 19.7 Å². The zero-order valence-electron chi connectivity index (χ0n) is 15.3. The predicted molar refractivity (Wildman–Crippen MR) is 94.4 cm³/mol. The van der Waals surface area contributed by atoms with Crippen molar-refractivity contribution >= 4 is 23.5 Å². The number of carboxylic acid groups (broad SMARTS) is 1. The van der Waals surface area contributed by atoms with Crippen LogP contribution in [0.2, 0.25) is 0 Å². The Bertz CT molecular complexity index is 703. The van der Waals surface area contributed by atoms with Gasteiger partial charge in [0, 0.05) is 19.0 Å². The van der Waals surface area contributed by atoms with Gasteiger partial charge in [0.15, 0.2) is 0 Å². The number of amides is 2. The quantitative estimate of drug-likeness (QED) is 0.755. The first-order valence-electron chi connectivity index (χ1n) is 8.34. The van der Waals surface area contributed by atoms with Crippen molar-refractivity contribution in [2.75, 3.05) is 25.7 Å². The van der Waals surface area contributed by atoms with Crippen LogP contribution in [0.15, 0.2) is 18.2 Å². The summed E-state index contributed by atoms with van der Waals surface area (Å²) in [7, 11) is 3.02. The first kappa shape index (κ1) is 19.6. The third kappa shape index (κ3) is 4.07. The lowest BCUT2D eigenvalue weighted by atomic mass is 10.0. The molecule has 1 fully saturated rings. The van der Waals surface area contributed by atoms with Gasteiger partial charge in [0.25, 0.3) is 0 Å². The molecule has 2 rings (SSSR count). The normalized spacial score (nSPS) is 18.0. The summed E-state index contributed by atoms with van der Waals surface area (Å²) in [6.07, 6.45) is 0.0193. The second-order valence-corrected chi connectivity index (χ2v) is 6.51. The van der Waals surface area contributed by atoms with Crippen molar-refractivity contribution in [3.05, 3.63) is 18.2 Å². The van der Waals surface area contributed by atoms with Gasteiger partial charge < -0.3 is 24.8 Å². The third-order valence-electron chi connectivity index (χ3n) is 4.40. The molecule has 2 atom stereocenters. The molecule has 1 aromatic carbocycles. The van der Waals surface area contributed by atoms with Crippen molar-refractivity contribution in [2.45, 2.75) is 26.3 Å². The van der Waals surface area contributed by atoms with Crippen LogP contribution in [0.1, 0.15) is 20.3 Å². The minimum absolute atomic E-state index is 0.0193. The molecule has 0 aliphatic carbocycles. The number of hydrogen-bond donors (Lipinski definition) is 2. The molecule has 0 bridgehead atoms. The highest BCUT2D eigenvalue weighted by Gasteiger charge is 2.38. The Morgan fingerprint density at radius 1 is 1.27 bits per heavy atom. The molecule has 1 aliphatic rings. The molecule has 1 aliphatic heterocycles. The molecule has 1 aromatic rings. The average Bonchev–Trinajstić information content (AvgIpc) is 2.99. The van der Waals surface area contributed by atoms with Crippen molar-refractivity contribution in [2.24, 2.45) is 11.8 Å². The standard InChI is InChI=1S/C18H24N2O6/c1-10(2)16(18(23)24)19-17(22)11-7-15(21)20(9-11)13-6-5-12(25-3)8-14(13)26-4/h5-6,8,10-11,16H,7,9H2,1-4H3,(H,19,22)(H,23,24)/t11?,16-/m0/s1. The van der Waals surface area contributed by atoms with Gasteiger partial charge in [-0.25, -0.2) is 4.79 Å². The minimum atomic E-state index is -1.09. The van der Waals surface area contributed by atoms with Gasteiger partial charge in [-0.05, 0) is 18.1 Å². The van der Waals surface area contributed by atoms with Gasteiger partial charge >= 0.3 is 5.97 Å². The number of ether oxygens (including phenoxy) is 2. The second-order valence-electron chi connectivity index (χ2n) is 6.51. The zero-order chi connectivity index (χ0) is 19.4. The molecule has 0 saturated carbocycles. The summed E-state index contributed by atoms with van der Waals surface area (Å²) in [5, 5.41) is 11.7. The molecule has 142 valence electrons. The van der Waals surface area contributed by atoms with Gasteiger partial charge in [0.1, 0.15) is 17.5 Å². The Morgan fingerprint density at radius 2 is 1.96 bits per heavy atom. The van der Waals surface area contributed by atoms with E-state index < -0.39 is 23.8 Å². The molecule has 1 unspecified atom stereocenters. The molecule has 1 heterocycles. The Balaban J connectivity index is 2.16. The Morgan fingerprint density at radius 3 is 2.50 bits per heavy atom. The second kappa shape index (κ2) is 8.07.